The highest BCUT2D eigenvalue weighted by molar-refractivity contribution is 4.66. The van der Waals surface area contributed by atoms with Crippen molar-refractivity contribution in [3.63, 3.8) is 0 Å². The molecule has 2 N–H and O–H groups in total. The maximum Gasteiger partial charge on any atom is 0.282 e. The first-order valence-electron chi connectivity index (χ1n) is 3.89. The molecule has 0 aliphatic carbocycles. The minimum absolute atomic E-state index is 0.378. The van der Waals surface area contributed by atoms with Gasteiger partial charge < -0.3 is 15.2 Å². The van der Waals surface area contributed by atoms with Gasteiger partial charge in [-0.05, 0) is 6.92 Å². The van der Waals surface area contributed by atoms with Crippen LogP contribution in [0.4, 0.5) is 8.78 Å². The number of hydrogen-bond donors (Lipinski definition) is 2. The van der Waals surface area contributed by atoms with Crippen LogP contribution in [0.5, 0.6) is 0 Å². The van der Waals surface area contributed by atoms with Crippen LogP contribution in [0.1, 0.15) is 6.92 Å². The van der Waals surface area contributed by atoms with Gasteiger partial charge in [0.05, 0.1) is 13.2 Å². The Morgan fingerprint density at radius 3 is 2.67 bits per heavy atom. The minimum Gasteiger partial charge on any atom is -0.390 e. The molecule has 0 atom stereocenters. The number of nitrogens with one attached hydrogen (secondary N) is 1. The molecule has 0 aromatic rings. The standard InChI is InChI=1S/C7H15F2NO2/c1-2-12-4-3-10-5-7(8,9)6-11/h10-11H,2-6H2,1H3. The molecule has 0 spiro atoms. The lowest BCUT2D eigenvalue weighted by Gasteiger charge is -2.13. The Balaban J connectivity index is 3.19. The van der Waals surface area contributed by atoms with Crippen molar-refractivity contribution >= 4 is 0 Å². The summed E-state index contributed by atoms with van der Waals surface area (Å²) in [6, 6.07) is 0. The number of aliphatic hydroxyl groups excluding tert-OH is 1. The van der Waals surface area contributed by atoms with Gasteiger partial charge in [0.1, 0.15) is 6.61 Å². The van der Waals surface area contributed by atoms with Crippen LogP contribution in [0.2, 0.25) is 0 Å². The Labute approximate surface area is 70.7 Å². The van der Waals surface area contributed by atoms with E-state index in [2.05, 4.69) is 5.32 Å². The Hall–Kier alpha value is -0.260. The first-order valence-corrected chi connectivity index (χ1v) is 3.89. The molecule has 12 heavy (non-hydrogen) atoms. The van der Waals surface area contributed by atoms with Crippen molar-refractivity contribution in [3.05, 3.63) is 0 Å². The van der Waals surface area contributed by atoms with E-state index >= 15 is 0 Å². The van der Waals surface area contributed by atoms with Gasteiger partial charge in [-0.25, -0.2) is 8.78 Å². The summed E-state index contributed by atoms with van der Waals surface area (Å²) in [7, 11) is 0. The molecule has 0 aliphatic heterocycles. The van der Waals surface area contributed by atoms with E-state index in [9.17, 15) is 8.78 Å². The van der Waals surface area contributed by atoms with Crippen LogP contribution >= 0.6 is 0 Å². The molecule has 0 rings (SSSR count). The van der Waals surface area contributed by atoms with Crippen molar-refractivity contribution in [2.24, 2.45) is 0 Å². The Morgan fingerprint density at radius 2 is 2.17 bits per heavy atom. The van der Waals surface area contributed by atoms with Gasteiger partial charge in [-0.3, -0.25) is 0 Å². The van der Waals surface area contributed by atoms with Crippen LogP contribution in [-0.2, 0) is 4.74 Å². The molecule has 3 nitrogen and oxygen atoms in total. The maximum absolute atomic E-state index is 12.3. The number of halogens is 2. The van der Waals surface area contributed by atoms with Gasteiger partial charge in [0, 0.05) is 13.2 Å². The van der Waals surface area contributed by atoms with Crippen molar-refractivity contribution in [1.29, 1.82) is 0 Å². The van der Waals surface area contributed by atoms with E-state index < -0.39 is 19.1 Å². The third kappa shape index (κ3) is 6.45. The lowest BCUT2D eigenvalue weighted by Crippen LogP contribution is -2.37. The van der Waals surface area contributed by atoms with Gasteiger partial charge in [0.15, 0.2) is 0 Å². The lowest BCUT2D eigenvalue weighted by molar-refractivity contribution is -0.0482. The Morgan fingerprint density at radius 1 is 1.50 bits per heavy atom. The predicted octanol–water partition coefficient (Wildman–Crippen LogP) is 0.240. The molecule has 5 heteroatoms. The first-order chi connectivity index (χ1) is 5.62. The quantitative estimate of drug-likeness (QED) is 0.555. The minimum atomic E-state index is -3.02. The second-order valence-electron chi connectivity index (χ2n) is 2.39. The Kier molecular flexibility index (Phi) is 6.14. The zero-order valence-electron chi connectivity index (χ0n) is 7.15. The summed E-state index contributed by atoms with van der Waals surface area (Å²) in [6.07, 6.45) is 0. The van der Waals surface area contributed by atoms with Crippen LogP contribution in [0, 0.1) is 0 Å². The molecular weight excluding hydrogens is 168 g/mol. The highest BCUT2D eigenvalue weighted by Crippen LogP contribution is 2.09. The molecule has 0 heterocycles. The number of alkyl halides is 2. The summed E-state index contributed by atoms with van der Waals surface area (Å²) < 4.78 is 29.5. The smallest absolute Gasteiger partial charge is 0.282 e. The summed E-state index contributed by atoms with van der Waals surface area (Å²) in [5, 5.41) is 10.7. The third-order valence-electron chi connectivity index (χ3n) is 1.24. The highest BCUT2D eigenvalue weighted by atomic mass is 19.3. The second kappa shape index (κ2) is 6.28. The molecule has 0 unspecified atom stereocenters. The van der Waals surface area contributed by atoms with Crippen molar-refractivity contribution in [2.45, 2.75) is 12.8 Å². The van der Waals surface area contributed by atoms with Crippen molar-refractivity contribution in [1.82, 2.24) is 5.32 Å². The molecule has 0 aromatic carbocycles. The topological polar surface area (TPSA) is 41.5 Å². The first kappa shape index (κ1) is 11.7. The molecule has 0 bridgehead atoms. The summed E-state index contributed by atoms with van der Waals surface area (Å²) in [4.78, 5) is 0. The number of aliphatic hydroxyl groups is 1. The SMILES string of the molecule is CCOCCNCC(F)(F)CO. The van der Waals surface area contributed by atoms with Crippen LogP contribution in [-0.4, -0.2) is 43.9 Å². The summed E-state index contributed by atoms with van der Waals surface area (Å²) in [6.45, 7) is 1.59. The summed E-state index contributed by atoms with van der Waals surface area (Å²) in [5.41, 5.74) is 0. The average molecular weight is 183 g/mol. The van der Waals surface area contributed by atoms with Crippen LogP contribution in [0.15, 0.2) is 0 Å². The van der Waals surface area contributed by atoms with E-state index in [0.717, 1.165) is 0 Å². The van der Waals surface area contributed by atoms with Crippen molar-refractivity contribution in [3.8, 4) is 0 Å². The molecule has 0 fully saturated rings. The van der Waals surface area contributed by atoms with E-state index in [1.54, 1.807) is 0 Å². The van der Waals surface area contributed by atoms with Gasteiger partial charge in [-0.2, -0.15) is 0 Å². The van der Waals surface area contributed by atoms with Gasteiger partial charge in [-0.15, -0.1) is 0 Å². The lowest BCUT2D eigenvalue weighted by atomic mass is 10.3. The van der Waals surface area contributed by atoms with Crippen molar-refractivity contribution < 1.29 is 18.6 Å². The van der Waals surface area contributed by atoms with Gasteiger partial charge in [-0.1, -0.05) is 0 Å². The second-order valence-corrected chi connectivity index (χ2v) is 2.39. The summed E-state index contributed by atoms with van der Waals surface area (Å²) in [5.74, 6) is -3.02. The maximum atomic E-state index is 12.3. The Bertz CT molecular complexity index is 112. The van der Waals surface area contributed by atoms with E-state index in [4.69, 9.17) is 9.84 Å². The molecule has 0 amide bonds. The van der Waals surface area contributed by atoms with Gasteiger partial charge >= 0.3 is 0 Å². The van der Waals surface area contributed by atoms with Crippen LogP contribution < -0.4 is 5.32 Å². The monoisotopic (exact) mass is 183 g/mol. The van der Waals surface area contributed by atoms with E-state index in [0.29, 0.717) is 19.8 Å². The average Bonchev–Trinajstić information content (AvgIpc) is 2.04. The number of rotatable bonds is 7. The largest absolute Gasteiger partial charge is 0.390 e. The van der Waals surface area contributed by atoms with E-state index in [-0.39, 0.29) is 0 Å². The molecular formula is C7H15F2NO2. The highest BCUT2D eigenvalue weighted by Gasteiger charge is 2.26. The molecule has 0 aliphatic rings. The zero-order chi connectivity index (χ0) is 9.45. The fourth-order valence-corrected chi connectivity index (χ4v) is 0.616. The number of ether oxygens (including phenoxy) is 1. The molecule has 0 saturated heterocycles. The fraction of sp³-hybridized carbons (Fsp3) is 1.00. The van der Waals surface area contributed by atoms with E-state index in [1.807, 2.05) is 6.92 Å². The molecule has 0 radical (unpaired) electrons. The normalized spacial score (nSPS) is 12.0. The molecule has 74 valence electrons. The predicted molar refractivity (Wildman–Crippen MR) is 41.4 cm³/mol. The zero-order valence-corrected chi connectivity index (χ0v) is 7.15. The fourth-order valence-electron chi connectivity index (χ4n) is 0.616. The molecule has 0 saturated carbocycles. The van der Waals surface area contributed by atoms with Crippen LogP contribution in [0.25, 0.3) is 0 Å². The van der Waals surface area contributed by atoms with Gasteiger partial charge in [0.25, 0.3) is 5.92 Å². The van der Waals surface area contributed by atoms with E-state index in [1.165, 1.54) is 0 Å². The summed E-state index contributed by atoms with van der Waals surface area (Å²) >= 11 is 0. The van der Waals surface area contributed by atoms with Gasteiger partial charge in [0.2, 0.25) is 0 Å². The number of hydrogen-bond acceptors (Lipinski definition) is 3. The molecule has 0 aromatic heterocycles. The van der Waals surface area contributed by atoms with Crippen molar-refractivity contribution in [2.75, 3.05) is 32.9 Å². The third-order valence-corrected chi connectivity index (χ3v) is 1.24. The van der Waals surface area contributed by atoms with Crippen LogP contribution in [0.3, 0.4) is 0 Å².